The Hall–Kier alpha value is -1.01. The quantitative estimate of drug-likeness (QED) is 0.807. The van der Waals surface area contributed by atoms with Crippen molar-refractivity contribution < 1.29 is 4.79 Å². The first-order valence-corrected chi connectivity index (χ1v) is 10.6. The lowest BCUT2D eigenvalue weighted by atomic mass is 9.73. The highest BCUT2D eigenvalue weighted by Crippen LogP contribution is 2.41. The zero-order valence-electron chi connectivity index (χ0n) is 15.5. The van der Waals surface area contributed by atoms with Crippen LogP contribution < -0.4 is 0 Å². The van der Waals surface area contributed by atoms with Crippen LogP contribution in [0.25, 0.3) is 0 Å². The van der Waals surface area contributed by atoms with E-state index < -0.39 is 0 Å². The van der Waals surface area contributed by atoms with Gasteiger partial charge in [0.1, 0.15) is 0 Å². The summed E-state index contributed by atoms with van der Waals surface area (Å²) in [5.41, 5.74) is 1.48. The van der Waals surface area contributed by atoms with E-state index >= 15 is 0 Å². The summed E-state index contributed by atoms with van der Waals surface area (Å²) < 4.78 is 4.19. The molecule has 3 heterocycles. The molecule has 2 saturated heterocycles. The molecule has 1 aliphatic carbocycles. The van der Waals surface area contributed by atoms with Crippen molar-refractivity contribution in [3.63, 3.8) is 0 Å². The molecule has 0 unspecified atom stereocenters. The Kier molecular flexibility index (Phi) is 4.84. The summed E-state index contributed by atoms with van der Waals surface area (Å²) in [6.07, 6.45) is 6.98. The van der Waals surface area contributed by atoms with Crippen LogP contribution in [0.3, 0.4) is 0 Å². The topological polar surface area (TPSA) is 49.3 Å². The van der Waals surface area contributed by atoms with Crippen molar-refractivity contribution in [3.8, 4) is 0 Å². The molecule has 2 aliphatic heterocycles. The highest BCUT2D eigenvalue weighted by molar-refractivity contribution is 7.05. The Morgan fingerprint density at radius 2 is 2.12 bits per heavy atom. The fourth-order valence-corrected chi connectivity index (χ4v) is 5.46. The number of hydrogen-bond donors (Lipinski definition) is 0. The highest BCUT2D eigenvalue weighted by Gasteiger charge is 2.42. The van der Waals surface area contributed by atoms with Crippen LogP contribution in [-0.4, -0.2) is 51.5 Å². The third-order valence-electron chi connectivity index (χ3n) is 6.16. The molecule has 6 heteroatoms. The number of rotatable bonds is 5. The SMILES string of the molecule is CC(C)c1nnsc1CN1CCC[C@@]2(CCC(=O)N(CC3CC3)C2)C1. The third-order valence-corrected chi connectivity index (χ3v) is 6.89. The Labute approximate surface area is 154 Å². The van der Waals surface area contributed by atoms with E-state index in [1.807, 2.05) is 0 Å². The minimum atomic E-state index is 0.317. The summed E-state index contributed by atoms with van der Waals surface area (Å²) in [5.74, 6) is 1.62. The maximum Gasteiger partial charge on any atom is 0.222 e. The Morgan fingerprint density at radius 1 is 1.28 bits per heavy atom. The number of nitrogens with zero attached hydrogens (tertiary/aromatic N) is 4. The van der Waals surface area contributed by atoms with Gasteiger partial charge in [-0.2, -0.15) is 0 Å². The van der Waals surface area contributed by atoms with Gasteiger partial charge in [0.2, 0.25) is 5.91 Å². The second kappa shape index (κ2) is 6.95. The molecule has 0 bridgehead atoms. The molecule has 0 aromatic carbocycles. The third kappa shape index (κ3) is 3.90. The van der Waals surface area contributed by atoms with Crippen LogP contribution in [-0.2, 0) is 11.3 Å². The van der Waals surface area contributed by atoms with Crippen LogP contribution >= 0.6 is 11.5 Å². The van der Waals surface area contributed by atoms with E-state index in [1.54, 1.807) is 11.5 Å². The van der Waals surface area contributed by atoms with Crippen molar-refractivity contribution in [2.45, 2.75) is 64.8 Å². The van der Waals surface area contributed by atoms with Gasteiger partial charge in [-0.25, -0.2) is 0 Å². The van der Waals surface area contributed by atoms with Crippen molar-refractivity contribution in [1.29, 1.82) is 0 Å². The fourth-order valence-electron chi connectivity index (χ4n) is 4.63. The lowest BCUT2D eigenvalue weighted by molar-refractivity contribution is -0.139. The van der Waals surface area contributed by atoms with E-state index in [0.29, 0.717) is 17.2 Å². The van der Waals surface area contributed by atoms with Gasteiger partial charge in [-0.15, -0.1) is 5.10 Å². The number of likely N-dealkylation sites (tertiary alicyclic amines) is 2. The maximum absolute atomic E-state index is 12.3. The number of carbonyl (C=O) groups is 1. The molecule has 1 amide bonds. The van der Waals surface area contributed by atoms with Gasteiger partial charge in [0.15, 0.2) is 0 Å². The van der Waals surface area contributed by atoms with Gasteiger partial charge in [0.05, 0.1) is 10.6 Å². The molecule has 138 valence electrons. The smallest absolute Gasteiger partial charge is 0.222 e. The van der Waals surface area contributed by atoms with Crippen LogP contribution in [0.5, 0.6) is 0 Å². The van der Waals surface area contributed by atoms with Gasteiger partial charge in [-0.05, 0) is 62.0 Å². The molecule has 25 heavy (non-hydrogen) atoms. The summed E-state index contributed by atoms with van der Waals surface area (Å²) >= 11 is 1.56. The first kappa shape index (κ1) is 17.4. The molecule has 0 radical (unpaired) electrons. The largest absolute Gasteiger partial charge is 0.342 e. The minimum absolute atomic E-state index is 0.317. The van der Waals surface area contributed by atoms with Crippen molar-refractivity contribution in [2.75, 3.05) is 26.2 Å². The first-order chi connectivity index (χ1) is 12.0. The van der Waals surface area contributed by atoms with Gasteiger partial charge >= 0.3 is 0 Å². The molecular formula is C19H30N4OS. The van der Waals surface area contributed by atoms with E-state index in [4.69, 9.17) is 0 Å². The van der Waals surface area contributed by atoms with Crippen molar-refractivity contribution in [1.82, 2.24) is 19.4 Å². The van der Waals surface area contributed by atoms with Gasteiger partial charge in [-0.3, -0.25) is 9.69 Å². The molecule has 1 atom stereocenters. The summed E-state index contributed by atoms with van der Waals surface area (Å²) in [4.78, 5) is 18.5. The van der Waals surface area contributed by atoms with Crippen LogP contribution in [0.15, 0.2) is 0 Å². The second-order valence-electron chi connectivity index (χ2n) is 8.77. The number of aromatic nitrogens is 2. The highest BCUT2D eigenvalue weighted by atomic mass is 32.1. The van der Waals surface area contributed by atoms with Crippen molar-refractivity contribution >= 4 is 17.4 Å². The number of hydrogen-bond acceptors (Lipinski definition) is 5. The lowest BCUT2D eigenvalue weighted by Gasteiger charge is -2.48. The average Bonchev–Trinajstić information content (AvgIpc) is 3.27. The minimum Gasteiger partial charge on any atom is -0.342 e. The molecule has 5 nitrogen and oxygen atoms in total. The predicted octanol–water partition coefficient (Wildman–Crippen LogP) is 3.28. The molecule has 1 spiro atoms. The molecule has 1 aromatic rings. The Morgan fingerprint density at radius 3 is 2.88 bits per heavy atom. The van der Waals surface area contributed by atoms with Gasteiger partial charge in [0.25, 0.3) is 0 Å². The van der Waals surface area contributed by atoms with Crippen molar-refractivity contribution in [3.05, 3.63) is 10.6 Å². The van der Waals surface area contributed by atoms with E-state index in [-0.39, 0.29) is 0 Å². The first-order valence-electron chi connectivity index (χ1n) is 9.86. The molecule has 1 saturated carbocycles. The Balaban J connectivity index is 1.42. The predicted molar refractivity (Wildman–Crippen MR) is 99.5 cm³/mol. The molecule has 3 fully saturated rings. The van der Waals surface area contributed by atoms with Crippen LogP contribution in [0.2, 0.25) is 0 Å². The average molecular weight is 363 g/mol. The fraction of sp³-hybridized carbons (Fsp3) is 0.842. The summed E-state index contributed by atoms with van der Waals surface area (Å²) in [7, 11) is 0. The summed E-state index contributed by atoms with van der Waals surface area (Å²) in [5, 5.41) is 4.34. The van der Waals surface area contributed by atoms with E-state index in [2.05, 4.69) is 33.2 Å². The number of carbonyl (C=O) groups excluding carboxylic acids is 1. The molecule has 1 aromatic heterocycles. The molecular weight excluding hydrogens is 332 g/mol. The van der Waals surface area contributed by atoms with Crippen LogP contribution in [0, 0.1) is 11.3 Å². The van der Waals surface area contributed by atoms with E-state index in [1.165, 1.54) is 36.3 Å². The zero-order valence-corrected chi connectivity index (χ0v) is 16.4. The van der Waals surface area contributed by atoms with Crippen LogP contribution in [0.4, 0.5) is 0 Å². The van der Waals surface area contributed by atoms with Crippen molar-refractivity contribution in [2.24, 2.45) is 11.3 Å². The second-order valence-corrected chi connectivity index (χ2v) is 9.61. The lowest BCUT2D eigenvalue weighted by Crippen LogP contribution is -2.54. The Bertz CT molecular complexity index is 627. The monoisotopic (exact) mass is 362 g/mol. The van der Waals surface area contributed by atoms with Crippen LogP contribution in [0.1, 0.15) is 68.9 Å². The standard InChI is InChI=1S/C19H30N4OS/c1-14(2)18-16(25-21-20-18)11-22-9-3-7-19(12-22)8-6-17(24)23(13-19)10-15-4-5-15/h14-15H,3-13H2,1-2H3/t19-/m1/s1. The number of piperidine rings is 2. The summed E-state index contributed by atoms with van der Waals surface area (Å²) in [6, 6.07) is 0. The molecule has 4 rings (SSSR count). The van der Waals surface area contributed by atoms with Gasteiger partial charge < -0.3 is 4.90 Å². The van der Waals surface area contributed by atoms with Gasteiger partial charge in [-0.1, -0.05) is 18.3 Å². The number of amides is 1. The zero-order chi connectivity index (χ0) is 17.4. The molecule has 3 aliphatic rings. The normalized spacial score (nSPS) is 28.3. The summed E-state index contributed by atoms with van der Waals surface area (Å²) in [6.45, 7) is 9.64. The molecule has 0 N–H and O–H groups in total. The maximum atomic E-state index is 12.3. The van der Waals surface area contributed by atoms with Gasteiger partial charge in [0, 0.05) is 38.0 Å². The van der Waals surface area contributed by atoms with E-state index in [9.17, 15) is 4.79 Å². The van der Waals surface area contributed by atoms with E-state index in [0.717, 1.165) is 51.5 Å².